The Morgan fingerprint density at radius 1 is 0.941 bits per heavy atom. The van der Waals surface area contributed by atoms with Crippen molar-refractivity contribution < 1.29 is 4.39 Å². The van der Waals surface area contributed by atoms with Crippen molar-refractivity contribution in [3.8, 4) is 0 Å². The van der Waals surface area contributed by atoms with Crippen LogP contribution in [0.5, 0.6) is 0 Å². The topological polar surface area (TPSA) is 12.0 Å². The number of hydrogen-bond acceptors (Lipinski definition) is 1. The molecule has 0 aromatic heterocycles. The lowest BCUT2D eigenvalue weighted by Gasteiger charge is -2.10. The maximum atomic E-state index is 12.7. The number of hydrogen-bond donors (Lipinski definition) is 1. The van der Waals surface area contributed by atoms with Gasteiger partial charge in [-0.25, -0.2) is 4.39 Å². The van der Waals surface area contributed by atoms with Gasteiger partial charge < -0.3 is 5.32 Å². The van der Waals surface area contributed by atoms with Gasteiger partial charge in [0.25, 0.3) is 0 Å². The molecule has 2 aromatic rings. The van der Waals surface area contributed by atoms with Crippen LogP contribution in [0.3, 0.4) is 0 Å². The van der Waals surface area contributed by atoms with Crippen molar-refractivity contribution in [1.29, 1.82) is 0 Å². The first kappa shape index (κ1) is 12.2. The third-order valence-corrected chi connectivity index (χ3v) is 2.98. The smallest absolute Gasteiger partial charge is 0.123 e. The van der Waals surface area contributed by atoms with Crippen molar-refractivity contribution in [2.24, 2.45) is 0 Å². The number of anilines is 1. The van der Waals surface area contributed by atoms with E-state index < -0.39 is 0 Å². The summed E-state index contributed by atoms with van der Waals surface area (Å²) < 4.78 is 12.7. The van der Waals surface area contributed by atoms with Crippen LogP contribution < -0.4 is 5.32 Å². The molecule has 2 aromatic carbocycles. The first-order valence-corrected chi connectivity index (χ1v) is 5.85. The molecule has 88 valence electrons. The largest absolute Gasteiger partial charge is 0.379 e. The van der Waals surface area contributed by atoms with Gasteiger partial charge in [0.15, 0.2) is 0 Å². The summed E-state index contributed by atoms with van der Waals surface area (Å²) in [6, 6.07) is 11.6. The number of rotatable bonds is 3. The van der Waals surface area contributed by atoms with Crippen molar-refractivity contribution in [1.82, 2.24) is 0 Å². The third kappa shape index (κ3) is 3.11. The summed E-state index contributed by atoms with van der Waals surface area (Å²) in [6.07, 6.45) is 0. The minimum absolute atomic E-state index is 0.246. The number of benzene rings is 2. The Morgan fingerprint density at radius 3 is 2.12 bits per heavy atom. The summed E-state index contributed by atoms with van der Waals surface area (Å²) in [5, 5.41) is 4.27. The molecule has 1 N–H and O–H groups in total. The average molecular weight is 270 g/mol. The van der Waals surface area contributed by atoms with Gasteiger partial charge in [0, 0.05) is 6.54 Å². The third-order valence-electron chi connectivity index (χ3n) is 2.35. The highest BCUT2D eigenvalue weighted by Gasteiger charge is 2.04. The Morgan fingerprint density at radius 2 is 1.53 bits per heavy atom. The van der Waals surface area contributed by atoms with E-state index in [1.54, 1.807) is 30.3 Å². The first-order valence-electron chi connectivity index (χ1n) is 5.09. The second-order valence-corrected chi connectivity index (χ2v) is 4.39. The van der Waals surface area contributed by atoms with Gasteiger partial charge in [0.1, 0.15) is 5.82 Å². The van der Waals surface area contributed by atoms with Gasteiger partial charge in [-0.1, -0.05) is 41.4 Å². The molecular formula is C13H10Cl2FN. The van der Waals surface area contributed by atoms with E-state index in [9.17, 15) is 4.39 Å². The van der Waals surface area contributed by atoms with E-state index in [0.717, 1.165) is 5.56 Å². The van der Waals surface area contributed by atoms with Gasteiger partial charge in [0.2, 0.25) is 0 Å². The fourth-order valence-corrected chi connectivity index (χ4v) is 1.99. The van der Waals surface area contributed by atoms with E-state index in [0.29, 0.717) is 22.3 Å². The fourth-order valence-electron chi connectivity index (χ4n) is 1.46. The molecule has 0 heterocycles. The second kappa shape index (κ2) is 5.39. The lowest BCUT2D eigenvalue weighted by Crippen LogP contribution is -2.00. The van der Waals surface area contributed by atoms with Crippen molar-refractivity contribution in [3.05, 3.63) is 63.9 Å². The molecular weight excluding hydrogens is 260 g/mol. The van der Waals surface area contributed by atoms with E-state index in [1.807, 2.05) is 0 Å². The van der Waals surface area contributed by atoms with Crippen molar-refractivity contribution in [3.63, 3.8) is 0 Å². The van der Waals surface area contributed by atoms with E-state index in [2.05, 4.69) is 5.32 Å². The van der Waals surface area contributed by atoms with Crippen LogP contribution in [-0.2, 0) is 6.54 Å². The molecule has 0 atom stereocenters. The number of halogens is 3. The summed E-state index contributed by atoms with van der Waals surface area (Å²) in [5.41, 5.74) is 1.66. The molecule has 0 unspecified atom stereocenters. The summed E-state index contributed by atoms with van der Waals surface area (Å²) in [7, 11) is 0. The van der Waals surface area contributed by atoms with Crippen molar-refractivity contribution in [2.45, 2.75) is 6.54 Å². The van der Waals surface area contributed by atoms with Crippen molar-refractivity contribution in [2.75, 3.05) is 5.32 Å². The van der Waals surface area contributed by atoms with Gasteiger partial charge in [-0.05, 0) is 29.8 Å². The van der Waals surface area contributed by atoms with Crippen LogP contribution in [0.1, 0.15) is 5.56 Å². The molecule has 0 aliphatic rings. The Hall–Kier alpha value is -1.25. The van der Waals surface area contributed by atoms with Crippen LogP contribution in [0, 0.1) is 5.82 Å². The van der Waals surface area contributed by atoms with Crippen LogP contribution in [-0.4, -0.2) is 0 Å². The molecule has 4 heteroatoms. The van der Waals surface area contributed by atoms with Gasteiger partial charge in [-0.2, -0.15) is 0 Å². The molecule has 0 saturated carbocycles. The molecule has 0 saturated heterocycles. The molecule has 0 amide bonds. The Labute approximate surface area is 109 Å². The van der Waals surface area contributed by atoms with E-state index in [1.165, 1.54) is 12.1 Å². The summed E-state index contributed by atoms with van der Waals surface area (Å²) in [6.45, 7) is 0.545. The molecule has 0 spiro atoms. The van der Waals surface area contributed by atoms with E-state index in [-0.39, 0.29) is 5.82 Å². The molecule has 0 radical (unpaired) electrons. The van der Waals surface area contributed by atoms with Crippen LogP contribution in [0.15, 0.2) is 42.5 Å². The van der Waals surface area contributed by atoms with Gasteiger partial charge in [0.05, 0.1) is 15.7 Å². The highest BCUT2D eigenvalue weighted by atomic mass is 35.5. The Balaban J connectivity index is 2.10. The second-order valence-electron chi connectivity index (χ2n) is 3.58. The van der Waals surface area contributed by atoms with Gasteiger partial charge >= 0.3 is 0 Å². The highest BCUT2D eigenvalue weighted by Crippen LogP contribution is 2.30. The number of nitrogens with one attached hydrogen (secondary N) is 1. The molecule has 17 heavy (non-hydrogen) atoms. The molecule has 0 aliphatic carbocycles. The predicted octanol–water partition coefficient (Wildman–Crippen LogP) is 4.74. The zero-order chi connectivity index (χ0) is 12.3. The quantitative estimate of drug-likeness (QED) is 0.849. The van der Waals surface area contributed by atoms with E-state index in [4.69, 9.17) is 23.2 Å². The molecule has 1 nitrogen and oxygen atoms in total. The monoisotopic (exact) mass is 269 g/mol. The van der Waals surface area contributed by atoms with Crippen molar-refractivity contribution >= 4 is 28.9 Å². The predicted molar refractivity (Wildman–Crippen MR) is 70.2 cm³/mol. The molecule has 0 bridgehead atoms. The lowest BCUT2D eigenvalue weighted by atomic mass is 10.2. The summed E-state index contributed by atoms with van der Waals surface area (Å²) >= 11 is 12.0. The Bertz CT molecular complexity index is 491. The summed E-state index contributed by atoms with van der Waals surface area (Å²) in [4.78, 5) is 0. The average Bonchev–Trinajstić information content (AvgIpc) is 2.31. The standard InChI is InChI=1S/C13H10Cl2FN/c14-11-2-1-3-12(15)13(11)17-8-9-4-6-10(16)7-5-9/h1-7,17H,8H2. The van der Waals surface area contributed by atoms with Crippen LogP contribution in [0.2, 0.25) is 10.0 Å². The minimum Gasteiger partial charge on any atom is -0.379 e. The zero-order valence-electron chi connectivity index (χ0n) is 8.88. The van der Waals surface area contributed by atoms with Crippen LogP contribution >= 0.6 is 23.2 Å². The maximum absolute atomic E-state index is 12.7. The van der Waals surface area contributed by atoms with E-state index >= 15 is 0 Å². The Kier molecular flexibility index (Phi) is 3.87. The highest BCUT2D eigenvalue weighted by molar-refractivity contribution is 6.39. The van der Waals surface area contributed by atoms with Crippen LogP contribution in [0.4, 0.5) is 10.1 Å². The SMILES string of the molecule is Fc1ccc(CNc2c(Cl)cccc2Cl)cc1. The maximum Gasteiger partial charge on any atom is 0.123 e. The lowest BCUT2D eigenvalue weighted by molar-refractivity contribution is 0.627. The first-order chi connectivity index (χ1) is 8.16. The molecule has 0 aliphatic heterocycles. The zero-order valence-corrected chi connectivity index (χ0v) is 10.4. The van der Waals surface area contributed by atoms with Crippen LogP contribution in [0.25, 0.3) is 0 Å². The molecule has 0 fully saturated rings. The summed E-state index contributed by atoms with van der Waals surface area (Å²) in [5.74, 6) is -0.246. The normalized spacial score (nSPS) is 10.3. The fraction of sp³-hybridized carbons (Fsp3) is 0.0769. The molecule has 2 rings (SSSR count). The minimum atomic E-state index is -0.246. The number of para-hydroxylation sites is 1. The van der Waals surface area contributed by atoms with Gasteiger partial charge in [-0.3, -0.25) is 0 Å². The van der Waals surface area contributed by atoms with Gasteiger partial charge in [-0.15, -0.1) is 0 Å².